The molecular formula is C17H11Br2NO2. The number of carboxylic acid groups (broad SMARTS) is 1. The molecular weight excluding hydrogens is 410 g/mol. The van der Waals surface area contributed by atoms with E-state index in [0.717, 1.165) is 25.6 Å². The Hall–Kier alpha value is -1.72. The van der Waals surface area contributed by atoms with E-state index in [-0.39, 0.29) is 5.56 Å². The fourth-order valence-corrected chi connectivity index (χ4v) is 3.00. The number of fused-ring (bicyclic) bond motifs is 1. The van der Waals surface area contributed by atoms with Gasteiger partial charge < -0.3 is 5.11 Å². The molecule has 0 saturated carbocycles. The molecule has 0 amide bonds. The van der Waals surface area contributed by atoms with Gasteiger partial charge in [0.2, 0.25) is 0 Å². The number of benzene rings is 2. The summed E-state index contributed by atoms with van der Waals surface area (Å²) in [5.74, 6) is -0.949. The second kappa shape index (κ2) is 5.82. The molecule has 0 aliphatic heterocycles. The van der Waals surface area contributed by atoms with E-state index in [1.54, 1.807) is 12.1 Å². The Kier molecular flexibility index (Phi) is 4.02. The Morgan fingerprint density at radius 1 is 1.09 bits per heavy atom. The van der Waals surface area contributed by atoms with Gasteiger partial charge in [-0.15, -0.1) is 0 Å². The van der Waals surface area contributed by atoms with Crippen molar-refractivity contribution in [2.24, 2.45) is 0 Å². The molecule has 0 aliphatic rings. The summed E-state index contributed by atoms with van der Waals surface area (Å²) in [6.07, 6.45) is 0. The fraction of sp³-hybridized carbons (Fsp3) is 0.0588. The van der Waals surface area contributed by atoms with Crippen molar-refractivity contribution in [3.8, 4) is 11.3 Å². The zero-order valence-corrected chi connectivity index (χ0v) is 14.8. The lowest BCUT2D eigenvalue weighted by Gasteiger charge is -2.09. The third-order valence-electron chi connectivity index (χ3n) is 3.49. The van der Waals surface area contributed by atoms with Gasteiger partial charge in [-0.25, -0.2) is 9.78 Å². The Morgan fingerprint density at radius 3 is 2.55 bits per heavy atom. The molecule has 22 heavy (non-hydrogen) atoms. The number of hydrogen-bond donors (Lipinski definition) is 1. The third kappa shape index (κ3) is 2.66. The van der Waals surface area contributed by atoms with Crippen molar-refractivity contribution in [1.82, 2.24) is 4.98 Å². The largest absolute Gasteiger partial charge is 0.478 e. The number of hydrogen-bond acceptors (Lipinski definition) is 2. The zero-order chi connectivity index (χ0) is 15.9. The molecule has 3 rings (SSSR count). The summed E-state index contributed by atoms with van der Waals surface area (Å²) < 4.78 is 1.83. The van der Waals surface area contributed by atoms with Crippen LogP contribution in [-0.2, 0) is 0 Å². The maximum atomic E-state index is 11.6. The average molecular weight is 421 g/mol. The van der Waals surface area contributed by atoms with Gasteiger partial charge in [0, 0.05) is 19.9 Å². The van der Waals surface area contributed by atoms with Gasteiger partial charge in [0.15, 0.2) is 0 Å². The average Bonchev–Trinajstić information content (AvgIpc) is 2.49. The van der Waals surface area contributed by atoms with E-state index in [1.165, 1.54) is 0 Å². The lowest BCUT2D eigenvalue weighted by Crippen LogP contribution is -2.01. The Labute approximate surface area is 144 Å². The van der Waals surface area contributed by atoms with Crippen LogP contribution >= 0.6 is 31.9 Å². The Balaban J connectivity index is 2.33. The highest BCUT2D eigenvalue weighted by Gasteiger charge is 2.14. The first-order chi connectivity index (χ1) is 10.5. The van der Waals surface area contributed by atoms with Crippen molar-refractivity contribution in [1.29, 1.82) is 0 Å². The molecule has 5 heteroatoms. The van der Waals surface area contributed by atoms with Crippen LogP contribution in [0.15, 0.2) is 51.4 Å². The van der Waals surface area contributed by atoms with Crippen LogP contribution in [0.5, 0.6) is 0 Å². The number of aromatic carboxylic acids is 1. The van der Waals surface area contributed by atoms with Crippen LogP contribution in [0.2, 0.25) is 0 Å². The second-order valence-electron chi connectivity index (χ2n) is 4.96. The van der Waals surface area contributed by atoms with E-state index in [4.69, 9.17) is 0 Å². The molecule has 3 aromatic rings. The minimum Gasteiger partial charge on any atom is -0.478 e. The highest BCUT2D eigenvalue weighted by atomic mass is 79.9. The van der Waals surface area contributed by atoms with E-state index in [1.807, 2.05) is 37.3 Å². The molecule has 0 radical (unpaired) electrons. The monoisotopic (exact) mass is 419 g/mol. The van der Waals surface area contributed by atoms with E-state index in [0.29, 0.717) is 11.1 Å². The maximum absolute atomic E-state index is 11.6. The first-order valence-electron chi connectivity index (χ1n) is 6.56. The highest BCUT2D eigenvalue weighted by molar-refractivity contribution is 9.13. The molecule has 1 N–H and O–H groups in total. The van der Waals surface area contributed by atoms with Crippen molar-refractivity contribution in [3.05, 3.63) is 62.5 Å². The number of carboxylic acids is 1. The van der Waals surface area contributed by atoms with Crippen molar-refractivity contribution in [2.45, 2.75) is 6.92 Å². The fourth-order valence-electron chi connectivity index (χ4n) is 2.37. The predicted octanol–water partition coefficient (Wildman–Crippen LogP) is 5.43. The van der Waals surface area contributed by atoms with Gasteiger partial charge in [-0.05, 0) is 62.5 Å². The number of nitrogens with zero attached hydrogens (tertiary/aromatic N) is 1. The summed E-state index contributed by atoms with van der Waals surface area (Å²) >= 11 is 6.89. The first-order valence-corrected chi connectivity index (χ1v) is 8.15. The lowest BCUT2D eigenvalue weighted by atomic mass is 10.0. The van der Waals surface area contributed by atoms with Gasteiger partial charge in [-0.1, -0.05) is 24.3 Å². The molecule has 0 fully saturated rings. The number of rotatable bonds is 2. The number of halogens is 2. The molecule has 110 valence electrons. The number of carbonyl (C=O) groups is 1. The van der Waals surface area contributed by atoms with Crippen LogP contribution in [0.25, 0.3) is 22.2 Å². The number of para-hydroxylation sites is 1. The van der Waals surface area contributed by atoms with Crippen LogP contribution in [0.4, 0.5) is 0 Å². The number of aromatic nitrogens is 1. The molecule has 0 atom stereocenters. The summed E-state index contributed by atoms with van der Waals surface area (Å²) in [5, 5.41) is 10.2. The van der Waals surface area contributed by atoms with Gasteiger partial charge in [-0.3, -0.25) is 0 Å². The molecule has 3 nitrogen and oxygen atoms in total. The van der Waals surface area contributed by atoms with Crippen LogP contribution in [0.3, 0.4) is 0 Å². The van der Waals surface area contributed by atoms with Crippen LogP contribution in [0.1, 0.15) is 15.9 Å². The van der Waals surface area contributed by atoms with Crippen LogP contribution in [0, 0.1) is 6.92 Å². The smallest absolute Gasteiger partial charge is 0.336 e. The Morgan fingerprint density at radius 2 is 1.86 bits per heavy atom. The topological polar surface area (TPSA) is 50.2 Å². The lowest BCUT2D eigenvalue weighted by molar-refractivity contribution is 0.0699. The van der Waals surface area contributed by atoms with Crippen molar-refractivity contribution >= 4 is 48.7 Å². The number of pyridine rings is 1. The predicted molar refractivity (Wildman–Crippen MR) is 94.3 cm³/mol. The molecule has 0 spiro atoms. The minimum atomic E-state index is -0.949. The van der Waals surface area contributed by atoms with Crippen LogP contribution < -0.4 is 0 Å². The molecule has 0 saturated heterocycles. The summed E-state index contributed by atoms with van der Waals surface area (Å²) in [6.45, 7) is 1.93. The standard InChI is InChI=1S/C17H11Br2NO2/c1-9-3-2-4-11-12(17(21)22)8-15(20-16(9)11)10-5-6-13(18)14(19)7-10/h2-8H,1H3,(H,21,22). The normalized spacial score (nSPS) is 10.9. The SMILES string of the molecule is Cc1cccc2c(C(=O)O)cc(-c3ccc(Br)c(Br)c3)nc12. The van der Waals surface area contributed by atoms with E-state index >= 15 is 0 Å². The minimum absolute atomic E-state index is 0.266. The molecule has 1 heterocycles. The molecule has 0 aliphatic carbocycles. The molecule has 0 bridgehead atoms. The molecule has 0 unspecified atom stereocenters. The highest BCUT2D eigenvalue weighted by Crippen LogP contribution is 2.31. The van der Waals surface area contributed by atoms with Gasteiger partial charge in [0.1, 0.15) is 0 Å². The summed E-state index contributed by atoms with van der Waals surface area (Å²) in [7, 11) is 0. The van der Waals surface area contributed by atoms with Gasteiger partial charge in [0.25, 0.3) is 0 Å². The Bertz CT molecular complexity index is 907. The number of aryl methyl sites for hydroxylation is 1. The van der Waals surface area contributed by atoms with E-state index < -0.39 is 5.97 Å². The summed E-state index contributed by atoms with van der Waals surface area (Å²) in [6, 6.07) is 12.9. The molecule has 1 aromatic heterocycles. The third-order valence-corrected chi connectivity index (χ3v) is 5.37. The van der Waals surface area contributed by atoms with E-state index in [9.17, 15) is 9.90 Å². The quantitative estimate of drug-likeness (QED) is 0.600. The zero-order valence-electron chi connectivity index (χ0n) is 11.6. The summed E-state index contributed by atoms with van der Waals surface area (Å²) in [5.41, 5.74) is 3.45. The summed E-state index contributed by atoms with van der Waals surface area (Å²) in [4.78, 5) is 16.2. The maximum Gasteiger partial charge on any atom is 0.336 e. The first kappa shape index (κ1) is 15.2. The van der Waals surface area contributed by atoms with Gasteiger partial charge in [-0.2, -0.15) is 0 Å². The van der Waals surface area contributed by atoms with Crippen molar-refractivity contribution in [2.75, 3.05) is 0 Å². The van der Waals surface area contributed by atoms with Gasteiger partial charge in [0.05, 0.1) is 16.8 Å². The van der Waals surface area contributed by atoms with Crippen molar-refractivity contribution in [3.63, 3.8) is 0 Å². The van der Waals surface area contributed by atoms with Gasteiger partial charge >= 0.3 is 5.97 Å². The molecule has 2 aromatic carbocycles. The van der Waals surface area contributed by atoms with Crippen LogP contribution in [-0.4, -0.2) is 16.1 Å². The second-order valence-corrected chi connectivity index (χ2v) is 6.67. The van der Waals surface area contributed by atoms with E-state index in [2.05, 4.69) is 36.8 Å². The van der Waals surface area contributed by atoms with Crippen molar-refractivity contribution < 1.29 is 9.90 Å².